The number of sulfonamides is 1. The molecule has 0 saturated carbocycles. The van der Waals surface area contributed by atoms with Gasteiger partial charge in [-0.15, -0.1) is 11.3 Å². The standard InChI is InChI=1S/C19H17ClN4O7S3/c1-31-16(25)10-22-12-5-4-11(24(27)28)9-14(12)32-19(22)21-18(26)13-3-2-8-23(13)34(29,30)17-7-6-15(20)33-17/h4-7,9,13H,2-3,8,10H2,1H3. The Balaban J connectivity index is 1.76. The van der Waals surface area contributed by atoms with E-state index in [2.05, 4.69) is 4.99 Å². The Labute approximate surface area is 206 Å². The summed E-state index contributed by atoms with van der Waals surface area (Å²) in [7, 11) is -2.73. The Kier molecular flexibility index (Phi) is 6.87. The van der Waals surface area contributed by atoms with Gasteiger partial charge in [0, 0.05) is 18.7 Å². The van der Waals surface area contributed by atoms with Crippen LogP contribution in [-0.2, 0) is 30.9 Å². The van der Waals surface area contributed by atoms with Crippen LogP contribution in [0.15, 0.2) is 39.5 Å². The van der Waals surface area contributed by atoms with E-state index in [1.807, 2.05) is 0 Å². The third-order valence-corrected chi connectivity index (χ3v) is 9.85. The molecule has 3 heterocycles. The number of amides is 1. The van der Waals surface area contributed by atoms with Gasteiger partial charge in [-0.05, 0) is 31.0 Å². The summed E-state index contributed by atoms with van der Waals surface area (Å²) in [5.41, 5.74) is 0.302. The molecule has 1 aliphatic rings. The van der Waals surface area contributed by atoms with Crippen LogP contribution in [0.5, 0.6) is 0 Å². The van der Waals surface area contributed by atoms with Gasteiger partial charge in [-0.25, -0.2) is 8.42 Å². The van der Waals surface area contributed by atoms with Crippen LogP contribution in [0.2, 0.25) is 4.34 Å². The van der Waals surface area contributed by atoms with Crippen molar-refractivity contribution in [3.63, 3.8) is 0 Å². The third kappa shape index (κ3) is 4.63. The molecule has 1 aromatic carbocycles. The summed E-state index contributed by atoms with van der Waals surface area (Å²) in [5.74, 6) is -1.30. The van der Waals surface area contributed by atoms with E-state index < -0.39 is 32.9 Å². The van der Waals surface area contributed by atoms with E-state index in [0.29, 0.717) is 21.0 Å². The average molecular weight is 545 g/mol. The predicted molar refractivity (Wildman–Crippen MR) is 125 cm³/mol. The minimum atomic E-state index is -3.94. The van der Waals surface area contributed by atoms with Crippen LogP contribution in [-0.4, -0.2) is 53.8 Å². The molecule has 0 N–H and O–H groups in total. The molecule has 0 bridgehead atoms. The number of carbonyl (C=O) groups excluding carboxylic acids is 2. The van der Waals surface area contributed by atoms with Crippen molar-refractivity contribution in [2.75, 3.05) is 13.7 Å². The Bertz CT molecular complexity index is 1470. The lowest BCUT2D eigenvalue weighted by Crippen LogP contribution is -2.40. The molecule has 15 heteroatoms. The summed E-state index contributed by atoms with van der Waals surface area (Å²) >= 11 is 7.77. The molecule has 0 spiro atoms. The lowest BCUT2D eigenvalue weighted by Gasteiger charge is -2.20. The Morgan fingerprint density at radius 2 is 2.06 bits per heavy atom. The number of thiophene rings is 1. The summed E-state index contributed by atoms with van der Waals surface area (Å²) in [6.07, 6.45) is 0.763. The topological polar surface area (TPSA) is 141 Å². The molecule has 1 fully saturated rings. The fraction of sp³-hybridized carbons (Fsp3) is 0.316. The number of benzene rings is 1. The minimum absolute atomic E-state index is 0.0344. The van der Waals surface area contributed by atoms with Crippen LogP contribution in [0.4, 0.5) is 5.69 Å². The first kappa shape index (κ1) is 24.5. The smallest absolute Gasteiger partial charge is 0.325 e. The van der Waals surface area contributed by atoms with Crippen molar-refractivity contribution >= 4 is 72.1 Å². The van der Waals surface area contributed by atoms with Gasteiger partial charge in [-0.3, -0.25) is 19.7 Å². The normalized spacial score (nSPS) is 17.4. The quantitative estimate of drug-likeness (QED) is 0.264. The fourth-order valence-corrected chi connectivity index (χ4v) is 7.93. The summed E-state index contributed by atoms with van der Waals surface area (Å²) in [6.45, 7) is -0.120. The predicted octanol–water partition coefficient (Wildman–Crippen LogP) is 2.78. The molecule has 2 aromatic heterocycles. The number of fused-ring (bicyclic) bond motifs is 1. The zero-order valence-electron chi connectivity index (χ0n) is 17.5. The van der Waals surface area contributed by atoms with Crippen LogP contribution in [0, 0.1) is 10.1 Å². The van der Waals surface area contributed by atoms with Crippen molar-refractivity contribution in [2.24, 2.45) is 4.99 Å². The third-order valence-electron chi connectivity index (χ3n) is 5.20. The maximum absolute atomic E-state index is 13.1. The van der Waals surface area contributed by atoms with Crippen molar-refractivity contribution in [3.05, 3.63) is 49.6 Å². The van der Waals surface area contributed by atoms with E-state index in [1.165, 1.54) is 42.0 Å². The molecule has 34 heavy (non-hydrogen) atoms. The number of methoxy groups -OCH3 is 1. The molecular weight excluding hydrogens is 528 g/mol. The first-order chi connectivity index (χ1) is 16.1. The SMILES string of the molecule is COC(=O)Cn1c(=NC(=O)C2CCCN2S(=O)(=O)c2ccc(Cl)s2)sc2cc([N+](=O)[O-])ccc21. The van der Waals surface area contributed by atoms with Crippen molar-refractivity contribution in [2.45, 2.75) is 29.6 Å². The van der Waals surface area contributed by atoms with E-state index in [1.54, 1.807) is 0 Å². The van der Waals surface area contributed by atoms with Gasteiger partial charge in [-0.2, -0.15) is 9.30 Å². The number of hydrogen-bond donors (Lipinski definition) is 0. The van der Waals surface area contributed by atoms with Gasteiger partial charge in [0.1, 0.15) is 16.8 Å². The number of thiazole rings is 1. The first-order valence-electron chi connectivity index (χ1n) is 9.82. The molecular formula is C19H17ClN4O7S3. The number of carbonyl (C=O) groups is 2. The lowest BCUT2D eigenvalue weighted by atomic mass is 10.2. The van der Waals surface area contributed by atoms with Crippen LogP contribution in [0.3, 0.4) is 0 Å². The van der Waals surface area contributed by atoms with E-state index in [4.69, 9.17) is 16.3 Å². The van der Waals surface area contributed by atoms with Crippen molar-refractivity contribution < 1.29 is 27.7 Å². The highest BCUT2D eigenvalue weighted by Crippen LogP contribution is 2.32. The molecule has 1 unspecified atom stereocenters. The number of nitrogens with zero attached hydrogens (tertiary/aromatic N) is 4. The Hall–Kier alpha value is -2.65. The number of nitro benzene ring substituents is 1. The molecule has 180 valence electrons. The highest BCUT2D eigenvalue weighted by Gasteiger charge is 2.40. The van der Waals surface area contributed by atoms with Crippen LogP contribution >= 0.6 is 34.3 Å². The molecule has 1 saturated heterocycles. The van der Waals surface area contributed by atoms with Gasteiger partial charge in [0.2, 0.25) is 0 Å². The average Bonchev–Trinajstić information content (AvgIpc) is 3.53. The van der Waals surface area contributed by atoms with Crippen LogP contribution in [0.25, 0.3) is 10.2 Å². The van der Waals surface area contributed by atoms with Gasteiger partial charge >= 0.3 is 5.97 Å². The zero-order valence-corrected chi connectivity index (χ0v) is 20.7. The molecule has 1 amide bonds. The second kappa shape index (κ2) is 9.54. The van der Waals surface area contributed by atoms with E-state index in [9.17, 15) is 28.1 Å². The lowest BCUT2D eigenvalue weighted by molar-refractivity contribution is -0.384. The highest BCUT2D eigenvalue weighted by atomic mass is 35.5. The summed E-state index contributed by atoms with van der Waals surface area (Å²) in [5, 5.41) is 11.1. The highest BCUT2D eigenvalue weighted by molar-refractivity contribution is 7.91. The second-order valence-corrected chi connectivity index (χ2v) is 12.1. The van der Waals surface area contributed by atoms with E-state index >= 15 is 0 Å². The summed E-state index contributed by atoms with van der Waals surface area (Å²) in [4.78, 5) is 39.9. The van der Waals surface area contributed by atoms with Gasteiger partial charge in [-0.1, -0.05) is 22.9 Å². The van der Waals surface area contributed by atoms with Gasteiger partial charge in [0.25, 0.3) is 21.6 Å². The number of nitro groups is 1. The molecule has 11 nitrogen and oxygen atoms in total. The van der Waals surface area contributed by atoms with E-state index in [0.717, 1.165) is 27.0 Å². The summed E-state index contributed by atoms with van der Waals surface area (Å²) in [6, 6.07) is 5.92. The monoisotopic (exact) mass is 544 g/mol. The molecule has 4 rings (SSSR count). The van der Waals surface area contributed by atoms with Gasteiger partial charge < -0.3 is 9.30 Å². The molecule has 0 radical (unpaired) electrons. The van der Waals surface area contributed by atoms with Crippen molar-refractivity contribution in [3.8, 4) is 0 Å². The van der Waals surface area contributed by atoms with E-state index in [-0.39, 0.29) is 34.2 Å². The number of rotatable bonds is 6. The molecule has 3 aromatic rings. The van der Waals surface area contributed by atoms with Gasteiger partial charge in [0.15, 0.2) is 4.80 Å². The Morgan fingerprint density at radius 1 is 1.29 bits per heavy atom. The van der Waals surface area contributed by atoms with Crippen molar-refractivity contribution in [1.82, 2.24) is 8.87 Å². The minimum Gasteiger partial charge on any atom is -0.468 e. The zero-order chi connectivity index (χ0) is 24.6. The maximum atomic E-state index is 13.1. The number of hydrogen-bond acceptors (Lipinski definition) is 9. The second-order valence-electron chi connectivity index (χ2n) is 7.24. The maximum Gasteiger partial charge on any atom is 0.325 e. The first-order valence-corrected chi connectivity index (χ1v) is 13.3. The fourth-order valence-electron chi connectivity index (χ4n) is 3.60. The van der Waals surface area contributed by atoms with Crippen LogP contribution < -0.4 is 4.80 Å². The molecule has 1 aliphatic heterocycles. The van der Waals surface area contributed by atoms with Gasteiger partial charge in [0.05, 0.1) is 26.6 Å². The molecule has 0 aliphatic carbocycles. The Morgan fingerprint density at radius 3 is 2.71 bits per heavy atom. The van der Waals surface area contributed by atoms with Crippen LogP contribution in [0.1, 0.15) is 12.8 Å². The summed E-state index contributed by atoms with van der Waals surface area (Å²) < 4.78 is 34.2. The largest absolute Gasteiger partial charge is 0.468 e. The molecule has 1 atom stereocenters. The van der Waals surface area contributed by atoms with Crippen molar-refractivity contribution in [1.29, 1.82) is 0 Å². The number of halogens is 1. The number of ether oxygens (including phenoxy) is 1. The number of esters is 1. The number of aromatic nitrogens is 1. The number of non-ortho nitro benzene ring substituents is 1.